The molecule has 1 atom stereocenters. The largest absolute Gasteiger partial charge is 0.365 e. The number of nitrogens with one attached hydrogen (secondary N) is 1. The van der Waals surface area contributed by atoms with Crippen LogP contribution in [-0.4, -0.2) is 72.6 Å². The van der Waals surface area contributed by atoms with Crippen molar-refractivity contribution < 1.29 is 14.3 Å². The molecule has 4 rings (SSSR count). The van der Waals surface area contributed by atoms with Crippen LogP contribution >= 0.6 is 0 Å². The standard InChI is InChI=1S/C23H33N3O3/c1-17-5-2-3-6-18(17)13-22(27)24-14-21-15-26(23(28)16-29-21)20-9-11-25(12-10-20)19-7-4-8-19/h2-3,5-6,19-21H,4,7-16H2,1H3,(H,24,27)/t21-/m0/s1. The number of carbonyl (C=O) groups is 2. The number of benzene rings is 1. The van der Waals surface area contributed by atoms with E-state index in [0.717, 1.165) is 43.1 Å². The maximum absolute atomic E-state index is 12.4. The van der Waals surface area contributed by atoms with Crippen LogP contribution in [0.2, 0.25) is 0 Å². The van der Waals surface area contributed by atoms with Gasteiger partial charge in [0.1, 0.15) is 6.61 Å². The highest BCUT2D eigenvalue weighted by molar-refractivity contribution is 5.79. The van der Waals surface area contributed by atoms with Gasteiger partial charge in [0, 0.05) is 38.3 Å². The average molecular weight is 400 g/mol. The summed E-state index contributed by atoms with van der Waals surface area (Å²) in [6, 6.07) is 9.05. The van der Waals surface area contributed by atoms with E-state index in [4.69, 9.17) is 4.74 Å². The molecule has 2 amide bonds. The Balaban J connectivity index is 1.24. The lowest BCUT2D eigenvalue weighted by molar-refractivity contribution is -0.153. The zero-order valence-corrected chi connectivity index (χ0v) is 17.4. The van der Waals surface area contributed by atoms with E-state index in [1.807, 2.05) is 36.1 Å². The lowest BCUT2D eigenvalue weighted by Gasteiger charge is -2.45. The van der Waals surface area contributed by atoms with Gasteiger partial charge >= 0.3 is 0 Å². The molecular weight excluding hydrogens is 366 g/mol. The minimum atomic E-state index is -0.127. The van der Waals surface area contributed by atoms with E-state index in [2.05, 4.69) is 10.2 Å². The molecule has 0 radical (unpaired) electrons. The number of amides is 2. The minimum absolute atomic E-state index is 0.000145. The lowest BCUT2D eigenvalue weighted by atomic mass is 9.89. The normalized spacial score (nSPS) is 24.4. The lowest BCUT2D eigenvalue weighted by Crippen LogP contribution is -2.57. The SMILES string of the molecule is Cc1ccccc1CC(=O)NC[C@H]1CN(C2CCN(C3CCC3)CC2)C(=O)CO1. The third-order valence-corrected chi connectivity index (χ3v) is 6.83. The second-order valence-electron chi connectivity index (χ2n) is 8.74. The molecule has 2 saturated heterocycles. The number of hydrogen-bond acceptors (Lipinski definition) is 4. The molecule has 0 aromatic heterocycles. The van der Waals surface area contributed by atoms with E-state index in [1.54, 1.807) is 0 Å². The first-order valence-corrected chi connectivity index (χ1v) is 11.1. The number of morpholine rings is 1. The zero-order chi connectivity index (χ0) is 20.2. The summed E-state index contributed by atoms with van der Waals surface area (Å²) in [7, 11) is 0. The summed E-state index contributed by atoms with van der Waals surface area (Å²) >= 11 is 0. The van der Waals surface area contributed by atoms with Crippen molar-refractivity contribution in [2.75, 3.05) is 32.8 Å². The minimum Gasteiger partial charge on any atom is -0.365 e. The molecule has 2 heterocycles. The van der Waals surface area contributed by atoms with Crippen LogP contribution < -0.4 is 5.32 Å². The second-order valence-corrected chi connectivity index (χ2v) is 8.74. The van der Waals surface area contributed by atoms with E-state index >= 15 is 0 Å². The fourth-order valence-electron chi connectivity index (χ4n) is 4.71. The summed E-state index contributed by atoms with van der Waals surface area (Å²) in [4.78, 5) is 29.4. The van der Waals surface area contributed by atoms with Crippen LogP contribution in [0, 0.1) is 6.92 Å². The van der Waals surface area contributed by atoms with Crippen molar-refractivity contribution in [1.82, 2.24) is 15.1 Å². The summed E-state index contributed by atoms with van der Waals surface area (Å²) in [5.74, 6) is 0.0923. The van der Waals surface area contributed by atoms with Crippen molar-refractivity contribution in [3.8, 4) is 0 Å². The van der Waals surface area contributed by atoms with Gasteiger partial charge in [-0.15, -0.1) is 0 Å². The van der Waals surface area contributed by atoms with Crippen LogP contribution in [0.3, 0.4) is 0 Å². The molecule has 1 saturated carbocycles. The Morgan fingerprint density at radius 2 is 1.90 bits per heavy atom. The van der Waals surface area contributed by atoms with E-state index in [0.29, 0.717) is 25.6 Å². The third kappa shape index (κ3) is 4.98. The zero-order valence-electron chi connectivity index (χ0n) is 17.4. The Hall–Kier alpha value is -1.92. The maximum Gasteiger partial charge on any atom is 0.248 e. The number of hydrogen-bond donors (Lipinski definition) is 1. The van der Waals surface area contributed by atoms with E-state index < -0.39 is 0 Å². The van der Waals surface area contributed by atoms with Gasteiger partial charge in [0.05, 0.1) is 12.5 Å². The number of carbonyl (C=O) groups excluding carboxylic acids is 2. The number of ether oxygens (including phenoxy) is 1. The van der Waals surface area contributed by atoms with Crippen LogP contribution in [0.1, 0.15) is 43.2 Å². The number of piperidine rings is 1. The molecule has 3 aliphatic rings. The quantitative estimate of drug-likeness (QED) is 0.794. The van der Waals surface area contributed by atoms with Gasteiger partial charge in [0.15, 0.2) is 0 Å². The smallest absolute Gasteiger partial charge is 0.248 e. The van der Waals surface area contributed by atoms with Crippen molar-refractivity contribution in [3.63, 3.8) is 0 Å². The van der Waals surface area contributed by atoms with Crippen LogP contribution in [0.5, 0.6) is 0 Å². The van der Waals surface area contributed by atoms with Gasteiger partial charge in [-0.25, -0.2) is 0 Å². The van der Waals surface area contributed by atoms with E-state index in [-0.39, 0.29) is 24.5 Å². The Kier molecular flexibility index (Phi) is 6.50. The number of nitrogens with zero attached hydrogens (tertiary/aromatic N) is 2. The maximum atomic E-state index is 12.4. The molecule has 29 heavy (non-hydrogen) atoms. The van der Waals surface area contributed by atoms with Gasteiger partial charge in [-0.05, 0) is 43.7 Å². The summed E-state index contributed by atoms with van der Waals surface area (Å²) in [6.45, 7) is 5.37. The molecule has 3 fully saturated rings. The third-order valence-electron chi connectivity index (χ3n) is 6.83. The summed E-state index contributed by atoms with van der Waals surface area (Å²) in [6.07, 6.45) is 6.39. The van der Waals surface area contributed by atoms with Gasteiger partial charge in [-0.2, -0.15) is 0 Å². The Bertz CT molecular complexity index is 726. The highest BCUT2D eigenvalue weighted by Crippen LogP contribution is 2.29. The molecular formula is C23H33N3O3. The number of aryl methyl sites for hydroxylation is 1. The van der Waals surface area contributed by atoms with Crippen molar-refractivity contribution >= 4 is 11.8 Å². The first kappa shape index (κ1) is 20.4. The molecule has 1 aliphatic carbocycles. The molecule has 2 aliphatic heterocycles. The summed E-state index contributed by atoms with van der Waals surface area (Å²) in [5, 5.41) is 2.99. The molecule has 0 spiro atoms. The Morgan fingerprint density at radius 3 is 2.59 bits per heavy atom. The summed E-state index contributed by atoms with van der Waals surface area (Å²) < 4.78 is 5.71. The Morgan fingerprint density at radius 1 is 1.14 bits per heavy atom. The van der Waals surface area contributed by atoms with Crippen LogP contribution in [0.15, 0.2) is 24.3 Å². The summed E-state index contributed by atoms with van der Waals surface area (Å²) in [5.41, 5.74) is 2.17. The second kappa shape index (κ2) is 9.26. The van der Waals surface area contributed by atoms with Crippen molar-refractivity contribution in [2.24, 2.45) is 0 Å². The monoisotopic (exact) mass is 399 g/mol. The van der Waals surface area contributed by atoms with Crippen molar-refractivity contribution in [2.45, 2.75) is 63.6 Å². The van der Waals surface area contributed by atoms with Gasteiger partial charge in [0.2, 0.25) is 11.8 Å². The first-order valence-electron chi connectivity index (χ1n) is 11.1. The van der Waals surface area contributed by atoms with Gasteiger partial charge in [0.25, 0.3) is 0 Å². The Labute approximate surface area is 173 Å². The fraction of sp³-hybridized carbons (Fsp3) is 0.652. The average Bonchev–Trinajstić information content (AvgIpc) is 2.68. The van der Waals surface area contributed by atoms with Crippen molar-refractivity contribution in [1.29, 1.82) is 0 Å². The number of likely N-dealkylation sites (tertiary alicyclic amines) is 1. The van der Waals surface area contributed by atoms with Gasteiger partial charge in [-0.3, -0.25) is 9.59 Å². The molecule has 6 heteroatoms. The highest BCUT2D eigenvalue weighted by Gasteiger charge is 2.35. The molecule has 0 bridgehead atoms. The molecule has 1 aromatic carbocycles. The van der Waals surface area contributed by atoms with E-state index in [9.17, 15) is 9.59 Å². The molecule has 6 nitrogen and oxygen atoms in total. The van der Waals surface area contributed by atoms with Crippen LogP contribution in [0.4, 0.5) is 0 Å². The molecule has 0 unspecified atom stereocenters. The molecule has 158 valence electrons. The predicted molar refractivity (Wildman–Crippen MR) is 112 cm³/mol. The molecule has 1 N–H and O–H groups in total. The van der Waals surface area contributed by atoms with Crippen LogP contribution in [-0.2, 0) is 20.7 Å². The first-order chi connectivity index (χ1) is 14.1. The highest BCUT2D eigenvalue weighted by atomic mass is 16.5. The van der Waals surface area contributed by atoms with Gasteiger partial charge < -0.3 is 19.9 Å². The predicted octanol–water partition coefficient (Wildman–Crippen LogP) is 1.90. The molecule has 1 aromatic rings. The van der Waals surface area contributed by atoms with E-state index in [1.165, 1.54) is 19.3 Å². The van der Waals surface area contributed by atoms with Crippen molar-refractivity contribution in [3.05, 3.63) is 35.4 Å². The number of rotatable bonds is 6. The van der Waals surface area contributed by atoms with Crippen LogP contribution in [0.25, 0.3) is 0 Å². The van der Waals surface area contributed by atoms with Gasteiger partial charge in [-0.1, -0.05) is 30.7 Å². The topological polar surface area (TPSA) is 61.9 Å². The fourth-order valence-corrected chi connectivity index (χ4v) is 4.71.